The van der Waals surface area contributed by atoms with Crippen LogP contribution in [0.3, 0.4) is 0 Å². The van der Waals surface area contributed by atoms with Crippen LogP contribution in [0.5, 0.6) is 0 Å². The summed E-state index contributed by atoms with van der Waals surface area (Å²) in [5.41, 5.74) is 2.51. The standard InChI is InChI=1S/C13H15BrN2O2/c14-12-4-3-11(18-12)13(17)16-15-7-10-6-8-1-2-9(10)5-8/h3-4,7-10H,1-2,5-6H2,(H,16,17)/b15-7-/t8-,9-,10-/m1/s1. The minimum Gasteiger partial charge on any atom is -0.444 e. The van der Waals surface area contributed by atoms with Crippen LogP contribution in [0.1, 0.15) is 36.2 Å². The molecule has 4 nitrogen and oxygen atoms in total. The molecule has 1 N–H and O–H groups in total. The summed E-state index contributed by atoms with van der Waals surface area (Å²) in [7, 11) is 0. The molecule has 18 heavy (non-hydrogen) atoms. The predicted molar refractivity (Wildman–Crippen MR) is 71.3 cm³/mol. The molecule has 96 valence electrons. The average Bonchev–Trinajstić information content (AvgIpc) is 3.04. The summed E-state index contributed by atoms with van der Waals surface area (Å²) < 4.78 is 5.69. The van der Waals surface area contributed by atoms with Crippen LogP contribution in [0.25, 0.3) is 0 Å². The van der Waals surface area contributed by atoms with Gasteiger partial charge < -0.3 is 4.42 Å². The van der Waals surface area contributed by atoms with Gasteiger partial charge in [-0.3, -0.25) is 4.79 Å². The second-order valence-electron chi connectivity index (χ2n) is 5.16. The summed E-state index contributed by atoms with van der Waals surface area (Å²) in [5.74, 6) is 2.19. The Morgan fingerprint density at radius 3 is 2.94 bits per heavy atom. The molecule has 2 fully saturated rings. The van der Waals surface area contributed by atoms with Crippen LogP contribution in [-0.2, 0) is 0 Å². The first-order valence-corrected chi connectivity index (χ1v) is 7.10. The van der Waals surface area contributed by atoms with Crippen molar-refractivity contribution in [2.75, 3.05) is 0 Å². The van der Waals surface area contributed by atoms with E-state index < -0.39 is 0 Å². The lowest BCUT2D eigenvalue weighted by molar-refractivity contribution is 0.0926. The molecule has 0 aromatic carbocycles. The van der Waals surface area contributed by atoms with Crippen molar-refractivity contribution in [1.82, 2.24) is 5.43 Å². The maximum absolute atomic E-state index is 11.7. The molecule has 0 unspecified atom stereocenters. The number of nitrogens with zero attached hydrogens (tertiary/aromatic N) is 1. The predicted octanol–water partition coefficient (Wildman–Crippen LogP) is 3.19. The molecule has 1 aromatic heterocycles. The lowest BCUT2D eigenvalue weighted by atomic mass is 9.90. The number of hydrogen-bond acceptors (Lipinski definition) is 3. The number of hydrogen-bond donors (Lipinski definition) is 1. The van der Waals surface area contributed by atoms with Gasteiger partial charge in [0.25, 0.3) is 0 Å². The molecular weight excluding hydrogens is 296 g/mol. The quantitative estimate of drug-likeness (QED) is 0.688. The Bertz CT molecular complexity index is 483. The van der Waals surface area contributed by atoms with Gasteiger partial charge in [0.2, 0.25) is 0 Å². The van der Waals surface area contributed by atoms with Gasteiger partial charge in [0, 0.05) is 6.21 Å². The second-order valence-corrected chi connectivity index (χ2v) is 5.94. The molecule has 0 aliphatic heterocycles. The van der Waals surface area contributed by atoms with Crippen molar-refractivity contribution in [3.8, 4) is 0 Å². The number of fused-ring (bicyclic) bond motifs is 2. The molecule has 0 spiro atoms. The highest BCUT2D eigenvalue weighted by Crippen LogP contribution is 2.47. The van der Waals surface area contributed by atoms with Crippen molar-refractivity contribution in [2.24, 2.45) is 22.9 Å². The number of rotatable bonds is 3. The minimum absolute atomic E-state index is 0.270. The molecule has 1 aromatic rings. The molecule has 2 aliphatic rings. The van der Waals surface area contributed by atoms with Crippen LogP contribution in [0.2, 0.25) is 0 Å². The maximum Gasteiger partial charge on any atom is 0.307 e. The van der Waals surface area contributed by atoms with Crippen molar-refractivity contribution in [3.63, 3.8) is 0 Å². The van der Waals surface area contributed by atoms with Gasteiger partial charge in [-0.05, 0) is 65.1 Å². The third kappa shape index (κ3) is 2.36. The summed E-state index contributed by atoms with van der Waals surface area (Å²) in [6, 6.07) is 3.31. The highest BCUT2D eigenvalue weighted by Gasteiger charge is 2.38. The lowest BCUT2D eigenvalue weighted by Gasteiger charge is -2.16. The molecule has 2 saturated carbocycles. The Morgan fingerprint density at radius 1 is 1.44 bits per heavy atom. The average molecular weight is 311 g/mol. The number of carbonyl (C=O) groups is 1. The highest BCUT2D eigenvalue weighted by molar-refractivity contribution is 9.10. The summed E-state index contributed by atoms with van der Waals surface area (Å²) >= 11 is 3.16. The van der Waals surface area contributed by atoms with Crippen LogP contribution in [0.4, 0.5) is 0 Å². The van der Waals surface area contributed by atoms with Crippen LogP contribution in [-0.4, -0.2) is 12.1 Å². The van der Waals surface area contributed by atoms with E-state index in [2.05, 4.69) is 26.5 Å². The fourth-order valence-electron chi connectivity index (χ4n) is 3.16. The van der Waals surface area contributed by atoms with Crippen molar-refractivity contribution >= 4 is 28.1 Å². The van der Waals surface area contributed by atoms with Crippen LogP contribution >= 0.6 is 15.9 Å². The van der Waals surface area contributed by atoms with Gasteiger partial charge in [0.05, 0.1) is 0 Å². The fourth-order valence-corrected chi connectivity index (χ4v) is 3.47. The number of halogens is 1. The SMILES string of the molecule is O=C(N/N=C\[C@H]1C[C@@H]2CC[C@@H]1C2)c1ccc(Br)o1. The van der Waals surface area contributed by atoms with E-state index in [4.69, 9.17) is 4.42 Å². The zero-order chi connectivity index (χ0) is 12.5. The Hall–Kier alpha value is -1.10. The molecule has 0 radical (unpaired) electrons. The Kier molecular flexibility index (Phi) is 3.24. The van der Waals surface area contributed by atoms with Crippen molar-refractivity contribution in [3.05, 3.63) is 22.6 Å². The summed E-state index contributed by atoms with van der Waals surface area (Å²) in [6.45, 7) is 0. The fraction of sp³-hybridized carbons (Fsp3) is 0.538. The smallest absolute Gasteiger partial charge is 0.307 e. The monoisotopic (exact) mass is 310 g/mol. The van der Waals surface area contributed by atoms with Crippen molar-refractivity contribution in [2.45, 2.75) is 25.7 Å². The zero-order valence-electron chi connectivity index (χ0n) is 9.93. The van der Waals surface area contributed by atoms with E-state index in [-0.39, 0.29) is 11.7 Å². The van der Waals surface area contributed by atoms with Crippen LogP contribution < -0.4 is 5.43 Å². The van der Waals surface area contributed by atoms with Crippen LogP contribution in [0, 0.1) is 17.8 Å². The lowest BCUT2D eigenvalue weighted by Crippen LogP contribution is -2.19. The van der Waals surface area contributed by atoms with E-state index in [1.807, 2.05) is 6.21 Å². The topological polar surface area (TPSA) is 54.6 Å². The third-order valence-corrected chi connectivity index (χ3v) is 4.45. The highest BCUT2D eigenvalue weighted by atomic mass is 79.9. The van der Waals surface area contributed by atoms with E-state index in [0.29, 0.717) is 10.6 Å². The Balaban J connectivity index is 1.53. The normalized spacial score (nSPS) is 30.2. The zero-order valence-corrected chi connectivity index (χ0v) is 11.5. The second kappa shape index (κ2) is 4.88. The number of hydrazone groups is 1. The molecule has 3 rings (SSSR count). The summed E-state index contributed by atoms with van der Waals surface area (Å²) in [4.78, 5) is 11.7. The molecule has 0 saturated heterocycles. The van der Waals surface area contributed by atoms with Crippen molar-refractivity contribution < 1.29 is 9.21 Å². The van der Waals surface area contributed by atoms with Gasteiger partial charge in [-0.2, -0.15) is 5.10 Å². The first-order valence-electron chi connectivity index (χ1n) is 6.31. The van der Waals surface area contributed by atoms with E-state index in [1.54, 1.807) is 12.1 Å². The van der Waals surface area contributed by atoms with Gasteiger partial charge in [0.15, 0.2) is 10.4 Å². The maximum atomic E-state index is 11.7. The molecular formula is C13H15BrN2O2. The first-order chi connectivity index (χ1) is 8.72. The number of carbonyl (C=O) groups excluding carboxylic acids is 1. The van der Waals surface area contributed by atoms with Gasteiger partial charge >= 0.3 is 5.91 Å². The van der Waals surface area contributed by atoms with Gasteiger partial charge in [0.1, 0.15) is 0 Å². The molecule has 1 heterocycles. The third-order valence-electron chi connectivity index (χ3n) is 4.02. The first kappa shape index (κ1) is 12.0. The number of nitrogens with one attached hydrogen (secondary N) is 1. The van der Waals surface area contributed by atoms with E-state index in [0.717, 1.165) is 11.8 Å². The summed E-state index contributed by atoms with van der Waals surface area (Å²) in [6.07, 6.45) is 7.17. The van der Waals surface area contributed by atoms with Crippen LogP contribution in [0.15, 0.2) is 26.3 Å². The van der Waals surface area contributed by atoms with E-state index in [1.165, 1.54) is 25.7 Å². The van der Waals surface area contributed by atoms with Gasteiger partial charge in [-0.15, -0.1) is 0 Å². The van der Waals surface area contributed by atoms with Gasteiger partial charge in [-0.1, -0.05) is 6.42 Å². The van der Waals surface area contributed by atoms with E-state index in [9.17, 15) is 4.79 Å². The molecule has 1 amide bonds. The number of furan rings is 1. The van der Waals surface area contributed by atoms with Gasteiger partial charge in [-0.25, -0.2) is 5.43 Å². The Labute approximate surface area is 114 Å². The number of amides is 1. The largest absolute Gasteiger partial charge is 0.444 e. The minimum atomic E-state index is -0.305. The Morgan fingerprint density at radius 2 is 2.33 bits per heavy atom. The summed E-state index contributed by atoms with van der Waals surface area (Å²) in [5, 5.41) is 4.06. The molecule has 3 atom stereocenters. The van der Waals surface area contributed by atoms with Crippen molar-refractivity contribution in [1.29, 1.82) is 0 Å². The molecule has 5 heteroatoms. The van der Waals surface area contributed by atoms with E-state index >= 15 is 0 Å². The molecule has 2 aliphatic carbocycles. The molecule has 2 bridgehead atoms.